The molecule has 2 atom stereocenters. The number of hydrogen-bond acceptors (Lipinski definition) is 6. The van der Waals surface area contributed by atoms with E-state index in [9.17, 15) is 4.79 Å². The molecule has 2 aromatic carbocycles. The van der Waals surface area contributed by atoms with Gasteiger partial charge in [0.05, 0.1) is 31.5 Å². The third-order valence-electron chi connectivity index (χ3n) is 7.91. The molecule has 0 bridgehead atoms. The largest absolute Gasteiger partial charge is 0.492 e. The van der Waals surface area contributed by atoms with Crippen LogP contribution in [-0.2, 0) is 23.0 Å². The molecule has 1 unspecified atom stereocenters. The van der Waals surface area contributed by atoms with Crippen molar-refractivity contribution in [1.29, 1.82) is 0 Å². The number of methoxy groups -OCH3 is 1. The van der Waals surface area contributed by atoms with Gasteiger partial charge >= 0.3 is 5.97 Å². The van der Waals surface area contributed by atoms with Crippen molar-refractivity contribution in [2.24, 2.45) is 7.05 Å². The van der Waals surface area contributed by atoms with Crippen molar-refractivity contribution in [2.75, 3.05) is 13.7 Å². The molecule has 8 heteroatoms. The maximum Gasteiger partial charge on any atom is 0.306 e. The summed E-state index contributed by atoms with van der Waals surface area (Å²) in [5.41, 5.74) is 8.19. The highest BCUT2D eigenvalue weighted by Crippen LogP contribution is 2.45. The SMILES string of the molecule is COC(=O)CC1COc2cc(O[C@@H]3CCc4c(-c5cccnc5-c5c(C)nn(C)c5C)ccc(F)c43)ccc21. The van der Waals surface area contributed by atoms with E-state index in [4.69, 9.17) is 19.2 Å². The summed E-state index contributed by atoms with van der Waals surface area (Å²) in [6.45, 7) is 4.43. The molecule has 1 aliphatic heterocycles. The number of fused-ring (bicyclic) bond motifs is 2. The summed E-state index contributed by atoms with van der Waals surface area (Å²) in [6, 6.07) is 13.0. The van der Waals surface area contributed by atoms with E-state index < -0.39 is 6.10 Å². The van der Waals surface area contributed by atoms with Crippen LogP contribution >= 0.6 is 0 Å². The summed E-state index contributed by atoms with van der Waals surface area (Å²) in [7, 11) is 3.31. The Hall–Kier alpha value is -4.20. The number of ether oxygens (including phenoxy) is 3. The maximum atomic E-state index is 15.3. The number of rotatable bonds is 6. The first-order chi connectivity index (χ1) is 18.9. The van der Waals surface area contributed by atoms with Crippen molar-refractivity contribution < 1.29 is 23.4 Å². The van der Waals surface area contributed by atoms with Gasteiger partial charge in [-0.1, -0.05) is 18.2 Å². The van der Waals surface area contributed by atoms with Crippen molar-refractivity contribution in [3.8, 4) is 33.9 Å². The minimum absolute atomic E-state index is 0.0468. The van der Waals surface area contributed by atoms with Gasteiger partial charge in [0.2, 0.25) is 0 Å². The Bertz CT molecular complexity index is 1600. The summed E-state index contributed by atoms with van der Waals surface area (Å²) < 4.78 is 34.2. The van der Waals surface area contributed by atoms with Gasteiger partial charge in [-0.2, -0.15) is 5.10 Å². The molecule has 6 rings (SSSR count). The summed E-state index contributed by atoms with van der Waals surface area (Å²) in [5, 5.41) is 4.58. The predicted molar refractivity (Wildman–Crippen MR) is 144 cm³/mol. The van der Waals surface area contributed by atoms with Crippen LogP contribution in [0.5, 0.6) is 11.5 Å². The Morgan fingerprint density at radius 1 is 1.18 bits per heavy atom. The molecule has 0 amide bonds. The lowest BCUT2D eigenvalue weighted by Crippen LogP contribution is -2.09. The smallest absolute Gasteiger partial charge is 0.306 e. The zero-order valence-corrected chi connectivity index (χ0v) is 22.5. The number of aromatic nitrogens is 3. The third kappa shape index (κ3) is 4.33. The Morgan fingerprint density at radius 2 is 2.03 bits per heavy atom. The minimum Gasteiger partial charge on any atom is -0.492 e. The third-order valence-corrected chi connectivity index (χ3v) is 7.91. The highest BCUT2D eigenvalue weighted by Gasteiger charge is 2.32. The summed E-state index contributed by atoms with van der Waals surface area (Å²) in [4.78, 5) is 16.5. The average molecular weight is 528 g/mol. The van der Waals surface area contributed by atoms with E-state index in [1.807, 2.05) is 62.0 Å². The molecule has 2 aromatic heterocycles. The van der Waals surface area contributed by atoms with E-state index in [1.54, 1.807) is 6.20 Å². The van der Waals surface area contributed by atoms with E-state index in [0.717, 1.165) is 44.9 Å². The van der Waals surface area contributed by atoms with Gasteiger partial charge in [0.1, 0.15) is 23.4 Å². The van der Waals surface area contributed by atoms with Crippen molar-refractivity contribution in [1.82, 2.24) is 14.8 Å². The lowest BCUT2D eigenvalue weighted by atomic mass is 9.92. The number of benzene rings is 2. The number of pyridine rings is 1. The number of carbonyl (C=O) groups is 1. The van der Waals surface area contributed by atoms with Gasteiger partial charge in [-0.3, -0.25) is 14.5 Å². The first-order valence-corrected chi connectivity index (χ1v) is 13.1. The Morgan fingerprint density at radius 3 is 2.79 bits per heavy atom. The van der Waals surface area contributed by atoms with Crippen LogP contribution in [0.25, 0.3) is 22.4 Å². The fourth-order valence-electron chi connectivity index (χ4n) is 5.93. The zero-order chi connectivity index (χ0) is 27.3. The molecule has 7 nitrogen and oxygen atoms in total. The van der Waals surface area contributed by atoms with Crippen LogP contribution in [0.3, 0.4) is 0 Å². The van der Waals surface area contributed by atoms with Gasteiger partial charge in [-0.05, 0) is 56.0 Å². The maximum absolute atomic E-state index is 15.3. The Kier molecular flexibility index (Phi) is 6.33. The lowest BCUT2D eigenvalue weighted by molar-refractivity contribution is -0.141. The van der Waals surface area contributed by atoms with E-state index >= 15 is 4.39 Å². The molecule has 0 radical (unpaired) electrons. The van der Waals surface area contributed by atoms with Crippen molar-refractivity contribution in [2.45, 2.75) is 45.1 Å². The zero-order valence-electron chi connectivity index (χ0n) is 22.5. The molecule has 0 saturated carbocycles. The summed E-state index contributed by atoms with van der Waals surface area (Å²) in [6.07, 6.45) is 2.97. The normalized spacial score (nSPS) is 17.5. The van der Waals surface area contributed by atoms with Gasteiger partial charge in [0, 0.05) is 53.2 Å². The molecule has 3 heterocycles. The topological polar surface area (TPSA) is 75.5 Å². The molecule has 1 aliphatic carbocycles. The highest BCUT2D eigenvalue weighted by atomic mass is 19.1. The Labute approximate surface area is 226 Å². The van der Waals surface area contributed by atoms with Crippen LogP contribution in [0.15, 0.2) is 48.7 Å². The molecule has 0 saturated heterocycles. The number of carbonyl (C=O) groups excluding carboxylic acids is 1. The fourth-order valence-corrected chi connectivity index (χ4v) is 5.93. The van der Waals surface area contributed by atoms with Crippen molar-refractivity contribution in [3.05, 3.63) is 82.6 Å². The molecule has 4 aromatic rings. The number of halogens is 1. The lowest BCUT2D eigenvalue weighted by Gasteiger charge is -2.18. The molecular weight excluding hydrogens is 497 g/mol. The van der Waals surface area contributed by atoms with Gasteiger partial charge in [0.25, 0.3) is 0 Å². The molecule has 200 valence electrons. The molecule has 0 N–H and O–H groups in total. The van der Waals surface area contributed by atoms with Crippen LogP contribution in [-0.4, -0.2) is 34.5 Å². The molecule has 2 aliphatic rings. The number of hydrogen-bond donors (Lipinski definition) is 0. The number of aryl methyl sites for hydroxylation is 2. The minimum atomic E-state index is -0.424. The van der Waals surface area contributed by atoms with Crippen molar-refractivity contribution in [3.63, 3.8) is 0 Å². The molecule has 39 heavy (non-hydrogen) atoms. The van der Waals surface area contributed by atoms with Gasteiger partial charge in [0.15, 0.2) is 0 Å². The molecular formula is C31H30FN3O4. The van der Waals surface area contributed by atoms with Gasteiger partial charge in [-0.15, -0.1) is 0 Å². The van der Waals surface area contributed by atoms with Crippen LogP contribution in [0, 0.1) is 19.7 Å². The second-order valence-corrected chi connectivity index (χ2v) is 10.2. The highest BCUT2D eigenvalue weighted by molar-refractivity contribution is 5.85. The first-order valence-electron chi connectivity index (χ1n) is 13.1. The van der Waals surface area contributed by atoms with E-state index in [1.165, 1.54) is 13.2 Å². The van der Waals surface area contributed by atoms with Crippen molar-refractivity contribution >= 4 is 5.97 Å². The number of esters is 1. The number of nitrogens with zero attached hydrogens (tertiary/aromatic N) is 3. The second kappa shape index (κ2) is 9.84. The predicted octanol–water partition coefficient (Wildman–Crippen LogP) is 6.01. The first kappa shape index (κ1) is 25.1. The van der Waals surface area contributed by atoms with Crippen LogP contribution < -0.4 is 9.47 Å². The van der Waals surface area contributed by atoms with Crippen LogP contribution in [0.2, 0.25) is 0 Å². The van der Waals surface area contributed by atoms with E-state index in [0.29, 0.717) is 36.5 Å². The van der Waals surface area contributed by atoms with Gasteiger partial charge in [-0.25, -0.2) is 4.39 Å². The molecule has 0 spiro atoms. The quantitative estimate of drug-likeness (QED) is 0.286. The van der Waals surface area contributed by atoms with Gasteiger partial charge < -0.3 is 14.2 Å². The second-order valence-electron chi connectivity index (χ2n) is 10.2. The van der Waals surface area contributed by atoms with Crippen LogP contribution in [0.1, 0.15) is 52.9 Å². The summed E-state index contributed by atoms with van der Waals surface area (Å²) >= 11 is 0. The van der Waals surface area contributed by atoms with Crippen LogP contribution in [0.4, 0.5) is 4.39 Å². The Balaban J connectivity index is 1.33. The summed E-state index contributed by atoms with van der Waals surface area (Å²) in [5.74, 6) is 0.714. The fraction of sp³-hybridized carbons (Fsp3) is 0.323. The standard InChI is InChI=1S/C31H30FN3O4/c1-17-29(18(2)35(3)34-17)31-24(6-5-13-33-31)22-9-11-25(32)30-23(22)10-12-26(30)39-20-7-8-21-19(14-28(36)37-4)16-38-27(21)15-20/h5-9,11,13,15,19,26H,10,12,14,16H2,1-4H3/t19?,26-/m1/s1. The van der Waals surface area contributed by atoms with E-state index in [2.05, 4.69) is 5.10 Å². The average Bonchev–Trinajstić information content (AvgIpc) is 3.60. The monoisotopic (exact) mass is 527 g/mol. The van der Waals surface area contributed by atoms with E-state index in [-0.39, 0.29) is 24.1 Å². The molecule has 0 fully saturated rings.